The molecule has 0 spiro atoms. The molecule has 2 rings (SSSR count). The molecule has 81 valence electrons. The number of hydrogen-bond acceptors (Lipinski definition) is 2. The third kappa shape index (κ3) is 2.97. The lowest BCUT2D eigenvalue weighted by Gasteiger charge is -2.11. The van der Waals surface area contributed by atoms with Crippen LogP contribution in [0.5, 0.6) is 0 Å². The van der Waals surface area contributed by atoms with Gasteiger partial charge in [-0.25, -0.2) is 0 Å². The van der Waals surface area contributed by atoms with Crippen molar-refractivity contribution >= 4 is 5.91 Å². The van der Waals surface area contributed by atoms with E-state index in [4.69, 9.17) is 0 Å². The first kappa shape index (κ1) is 10.5. The van der Waals surface area contributed by atoms with Crippen LogP contribution in [0.15, 0.2) is 0 Å². The van der Waals surface area contributed by atoms with Crippen molar-refractivity contribution in [3.05, 3.63) is 6.42 Å². The Balaban J connectivity index is 1.68. The Morgan fingerprint density at radius 2 is 1.87 bits per heavy atom. The Kier molecular flexibility index (Phi) is 3.63. The summed E-state index contributed by atoms with van der Waals surface area (Å²) in [4.78, 5) is 15.4. The van der Waals surface area contributed by atoms with E-state index in [2.05, 4.69) is 16.7 Å². The second kappa shape index (κ2) is 5.18. The van der Waals surface area contributed by atoms with Crippen molar-refractivity contribution in [1.29, 1.82) is 0 Å². The second-order valence-electron chi connectivity index (χ2n) is 4.09. The molecule has 1 amide bonds. The summed E-state index contributed by atoms with van der Waals surface area (Å²) >= 11 is 0. The van der Waals surface area contributed by atoms with Gasteiger partial charge in [0.2, 0.25) is 5.91 Å². The Bertz CT molecular complexity index is 284. The average molecular weight is 205 g/mol. The minimum atomic E-state index is 0.144. The van der Waals surface area contributed by atoms with Crippen molar-refractivity contribution in [1.82, 2.24) is 9.80 Å². The average Bonchev–Trinajstić information content (AvgIpc) is 2.85. The van der Waals surface area contributed by atoms with Crippen LogP contribution in [-0.2, 0) is 4.79 Å². The minimum absolute atomic E-state index is 0.144. The van der Waals surface area contributed by atoms with E-state index in [0.717, 1.165) is 19.5 Å². The Hall–Kier alpha value is -1.01. The van der Waals surface area contributed by atoms with Crippen LogP contribution in [-0.4, -0.2) is 48.4 Å². The summed E-state index contributed by atoms with van der Waals surface area (Å²) in [6, 6.07) is 0. The normalized spacial score (nSPS) is 21.9. The molecule has 3 nitrogen and oxygen atoms in total. The van der Waals surface area contributed by atoms with Gasteiger partial charge in [-0.2, -0.15) is 0 Å². The van der Waals surface area contributed by atoms with Gasteiger partial charge in [0, 0.05) is 6.54 Å². The molecule has 2 fully saturated rings. The molecule has 0 atom stereocenters. The highest BCUT2D eigenvalue weighted by Gasteiger charge is 2.18. The van der Waals surface area contributed by atoms with Crippen LogP contribution >= 0.6 is 0 Å². The zero-order valence-corrected chi connectivity index (χ0v) is 9.04. The molecule has 3 heteroatoms. The summed E-state index contributed by atoms with van der Waals surface area (Å²) in [6.45, 7) is 4.68. The number of nitrogens with zero attached hydrogens (tertiary/aromatic N) is 2. The van der Waals surface area contributed by atoms with Gasteiger partial charge in [-0.3, -0.25) is 9.69 Å². The van der Waals surface area contributed by atoms with E-state index in [0.29, 0.717) is 6.54 Å². The predicted molar refractivity (Wildman–Crippen MR) is 58.9 cm³/mol. The summed E-state index contributed by atoms with van der Waals surface area (Å²) < 4.78 is 0. The van der Waals surface area contributed by atoms with Gasteiger partial charge in [0.25, 0.3) is 0 Å². The van der Waals surface area contributed by atoms with Gasteiger partial charge in [-0.05, 0) is 32.4 Å². The zero-order chi connectivity index (χ0) is 10.5. The number of hydrogen-bond donors (Lipinski definition) is 0. The van der Waals surface area contributed by atoms with Crippen LogP contribution in [0, 0.1) is 18.3 Å². The lowest BCUT2D eigenvalue weighted by atomic mass is 10.4. The summed E-state index contributed by atoms with van der Waals surface area (Å²) in [5.41, 5.74) is 0. The van der Waals surface area contributed by atoms with Crippen LogP contribution in [0.25, 0.3) is 0 Å². The van der Waals surface area contributed by atoms with Gasteiger partial charge in [-0.1, -0.05) is 11.8 Å². The SMILES string of the molecule is O=C1[CH]CCN1CC#CCN1CCCC1. The van der Waals surface area contributed by atoms with Crippen molar-refractivity contribution in [3.63, 3.8) is 0 Å². The van der Waals surface area contributed by atoms with Crippen LogP contribution in [0.4, 0.5) is 0 Å². The van der Waals surface area contributed by atoms with E-state index in [9.17, 15) is 4.79 Å². The van der Waals surface area contributed by atoms with Gasteiger partial charge >= 0.3 is 0 Å². The highest BCUT2D eigenvalue weighted by atomic mass is 16.2. The fraction of sp³-hybridized carbons (Fsp3) is 0.667. The predicted octanol–water partition coefficient (Wildman–Crippen LogP) is 0.522. The molecule has 2 aliphatic rings. The first-order valence-electron chi connectivity index (χ1n) is 5.66. The van der Waals surface area contributed by atoms with E-state index in [-0.39, 0.29) is 5.91 Å². The van der Waals surface area contributed by atoms with Gasteiger partial charge in [0.15, 0.2) is 0 Å². The number of carbonyl (C=O) groups is 1. The molecule has 0 N–H and O–H groups in total. The lowest BCUT2D eigenvalue weighted by molar-refractivity contribution is -0.124. The molecule has 1 radical (unpaired) electrons. The maximum absolute atomic E-state index is 11.2. The number of carbonyl (C=O) groups excluding carboxylic acids is 1. The minimum Gasteiger partial charge on any atom is -0.331 e. The van der Waals surface area contributed by atoms with E-state index in [1.807, 2.05) is 0 Å². The standard InChI is InChI=1S/C12H17N2O/c15-12-6-5-11-14(12)10-4-3-9-13-7-1-2-8-13/h6H,1-2,5,7-11H2. The van der Waals surface area contributed by atoms with Gasteiger partial charge < -0.3 is 4.90 Å². The van der Waals surface area contributed by atoms with Gasteiger partial charge in [0.05, 0.1) is 19.5 Å². The van der Waals surface area contributed by atoms with E-state index >= 15 is 0 Å². The molecule has 0 unspecified atom stereocenters. The second-order valence-corrected chi connectivity index (χ2v) is 4.09. The smallest absolute Gasteiger partial charge is 0.227 e. The monoisotopic (exact) mass is 205 g/mol. The van der Waals surface area contributed by atoms with Crippen molar-refractivity contribution in [2.24, 2.45) is 0 Å². The Morgan fingerprint density at radius 1 is 1.13 bits per heavy atom. The van der Waals surface area contributed by atoms with Gasteiger partial charge in [-0.15, -0.1) is 0 Å². The molecule has 0 saturated carbocycles. The van der Waals surface area contributed by atoms with Crippen molar-refractivity contribution in [2.45, 2.75) is 19.3 Å². The van der Waals surface area contributed by atoms with Crippen LogP contribution in [0.1, 0.15) is 19.3 Å². The van der Waals surface area contributed by atoms with E-state index < -0.39 is 0 Å². The molecule has 2 aliphatic heterocycles. The van der Waals surface area contributed by atoms with Crippen LogP contribution in [0.2, 0.25) is 0 Å². The summed E-state index contributed by atoms with van der Waals surface area (Å²) in [6.07, 6.45) is 5.23. The number of likely N-dealkylation sites (tertiary alicyclic amines) is 2. The molecular weight excluding hydrogens is 188 g/mol. The highest BCUT2D eigenvalue weighted by molar-refractivity contribution is 5.87. The van der Waals surface area contributed by atoms with Crippen LogP contribution < -0.4 is 0 Å². The van der Waals surface area contributed by atoms with E-state index in [1.165, 1.54) is 25.9 Å². The fourth-order valence-electron chi connectivity index (χ4n) is 2.00. The van der Waals surface area contributed by atoms with Crippen molar-refractivity contribution in [2.75, 3.05) is 32.7 Å². The third-order valence-electron chi connectivity index (χ3n) is 2.93. The fourth-order valence-corrected chi connectivity index (χ4v) is 2.00. The number of amides is 1. The van der Waals surface area contributed by atoms with Crippen molar-refractivity contribution in [3.8, 4) is 11.8 Å². The molecule has 0 bridgehead atoms. The molecule has 2 saturated heterocycles. The molecule has 0 aliphatic carbocycles. The maximum Gasteiger partial charge on any atom is 0.227 e. The Labute approximate surface area is 91.4 Å². The quantitative estimate of drug-likeness (QED) is 0.614. The summed E-state index contributed by atoms with van der Waals surface area (Å²) in [5, 5.41) is 0. The first-order valence-corrected chi connectivity index (χ1v) is 5.66. The van der Waals surface area contributed by atoms with E-state index in [1.54, 1.807) is 11.3 Å². The summed E-state index contributed by atoms with van der Waals surface area (Å²) in [7, 11) is 0. The molecule has 0 aromatic carbocycles. The lowest BCUT2D eigenvalue weighted by Crippen LogP contribution is -2.25. The third-order valence-corrected chi connectivity index (χ3v) is 2.93. The van der Waals surface area contributed by atoms with Gasteiger partial charge in [0.1, 0.15) is 0 Å². The molecular formula is C12H17N2O. The molecule has 15 heavy (non-hydrogen) atoms. The largest absolute Gasteiger partial charge is 0.331 e. The number of rotatable bonds is 2. The van der Waals surface area contributed by atoms with Crippen LogP contribution in [0.3, 0.4) is 0 Å². The highest BCUT2D eigenvalue weighted by Crippen LogP contribution is 2.07. The van der Waals surface area contributed by atoms with Crippen molar-refractivity contribution < 1.29 is 4.79 Å². The maximum atomic E-state index is 11.2. The summed E-state index contributed by atoms with van der Waals surface area (Å²) in [5.74, 6) is 6.36. The Morgan fingerprint density at radius 3 is 2.53 bits per heavy atom. The molecule has 0 aromatic rings. The first-order chi connectivity index (χ1) is 7.36. The molecule has 2 heterocycles. The zero-order valence-electron chi connectivity index (χ0n) is 9.04. The topological polar surface area (TPSA) is 23.6 Å². The molecule has 0 aromatic heterocycles.